The zero-order valence-corrected chi connectivity index (χ0v) is 22.0. The van der Waals surface area contributed by atoms with Gasteiger partial charge in [0.2, 0.25) is 11.8 Å². The fourth-order valence-electron chi connectivity index (χ4n) is 5.08. The van der Waals surface area contributed by atoms with Gasteiger partial charge in [0.15, 0.2) is 0 Å². The molecule has 37 heavy (non-hydrogen) atoms. The summed E-state index contributed by atoms with van der Waals surface area (Å²) in [6.07, 6.45) is 2.66. The number of carbonyl (C=O) groups excluding carboxylic acids is 2. The molecule has 0 radical (unpaired) electrons. The summed E-state index contributed by atoms with van der Waals surface area (Å²) in [6.45, 7) is 4.00. The second-order valence-corrected chi connectivity index (χ2v) is 11.1. The number of hydrogen-bond donors (Lipinski definition) is 0. The molecule has 2 aromatic carbocycles. The van der Waals surface area contributed by atoms with Gasteiger partial charge >= 0.3 is 0 Å². The van der Waals surface area contributed by atoms with Crippen LogP contribution in [0, 0.1) is 18.7 Å². The van der Waals surface area contributed by atoms with Crippen molar-refractivity contribution in [2.75, 3.05) is 19.7 Å². The summed E-state index contributed by atoms with van der Waals surface area (Å²) in [4.78, 5) is 32.0. The molecule has 0 N–H and O–H groups in total. The molecule has 1 saturated carbocycles. The summed E-state index contributed by atoms with van der Waals surface area (Å²) in [6, 6.07) is 18.4. The average molecular weight is 521 g/mol. The van der Waals surface area contributed by atoms with Gasteiger partial charge in [0.25, 0.3) is 0 Å². The first kappa shape index (κ1) is 25.6. The number of amides is 2. The third kappa shape index (κ3) is 6.46. The third-order valence-corrected chi connectivity index (χ3v) is 8.37. The predicted molar refractivity (Wildman–Crippen MR) is 143 cm³/mol. The summed E-state index contributed by atoms with van der Waals surface area (Å²) in [5, 5.41) is 2.02. The van der Waals surface area contributed by atoms with Crippen LogP contribution in [0.4, 0.5) is 4.39 Å². The molecule has 1 aliphatic heterocycles. The van der Waals surface area contributed by atoms with Crippen molar-refractivity contribution in [1.82, 2.24) is 9.80 Å². The first-order valence-corrected chi connectivity index (χ1v) is 13.9. The number of aryl methyl sites for hydroxylation is 1. The van der Waals surface area contributed by atoms with E-state index in [0.717, 1.165) is 35.3 Å². The van der Waals surface area contributed by atoms with Crippen LogP contribution in [0.5, 0.6) is 0 Å². The Morgan fingerprint density at radius 3 is 2.49 bits per heavy atom. The van der Waals surface area contributed by atoms with E-state index in [9.17, 15) is 14.0 Å². The highest BCUT2D eigenvalue weighted by molar-refractivity contribution is 7.10. The highest BCUT2D eigenvalue weighted by Crippen LogP contribution is 2.48. The highest BCUT2D eigenvalue weighted by atomic mass is 32.1. The van der Waals surface area contributed by atoms with Gasteiger partial charge in [-0.25, -0.2) is 4.39 Å². The van der Waals surface area contributed by atoms with E-state index < -0.39 is 0 Å². The predicted octanol–water partition coefficient (Wildman–Crippen LogP) is 5.54. The molecule has 2 heterocycles. The minimum atomic E-state index is -0.304. The van der Waals surface area contributed by atoms with E-state index in [0.29, 0.717) is 26.2 Å². The SMILES string of the molecule is Cc1ccsc1CN(Cc1ccc(F)cc1)C(=O)CN(CC1CCCO1)C(=O)C1CC1c1ccccc1. The molecule has 2 amide bonds. The van der Waals surface area contributed by atoms with Crippen LogP contribution in [0.15, 0.2) is 66.0 Å². The number of hydrogen-bond acceptors (Lipinski definition) is 4. The molecular formula is C30H33FN2O3S. The average Bonchev–Trinajstić information content (AvgIpc) is 3.35. The summed E-state index contributed by atoms with van der Waals surface area (Å²) in [7, 11) is 0. The minimum Gasteiger partial charge on any atom is -0.376 e. The number of benzene rings is 2. The Balaban J connectivity index is 1.33. The van der Waals surface area contributed by atoms with Gasteiger partial charge < -0.3 is 14.5 Å². The highest BCUT2D eigenvalue weighted by Gasteiger charge is 2.46. The van der Waals surface area contributed by atoms with Gasteiger partial charge in [0, 0.05) is 30.5 Å². The van der Waals surface area contributed by atoms with E-state index >= 15 is 0 Å². The Bertz CT molecular complexity index is 1210. The molecule has 2 fully saturated rings. The number of carbonyl (C=O) groups is 2. The Labute approximate surface area is 221 Å². The first-order chi connectivity index (χ1) is 18.0. The summed E-state index contributed by atoms with van der Waals surface area (Å²) in [5.74, 6) is -0.268. The zero-order chi connectivity index (χ0) is 25.8. The molecule has 3 aromatic rings. The van der Waals surface area contributed by atoms with Crippen LogP contribution in [0.1, 0.15) is 46.7 Å². The molecule has 5 rings (SSSR count). The Morgan fingerprint density at radius 1 is 1.03 bits per heavy atom. The van der Waals surface area contributed by atoms with E-state index in [1.54, 1.807) is 33.3 Å². The Morgan fingerprint density at radius 2 is 1.81 bits per heavy atom. The van der Waals surface area contributed by atoms with Gasteiger partial charge in [-0.1, -0.05) is 42.5 Å². The van der Waals surface area contributed by atoms with Gasteiger partial charge in [0.1, 0.15) is 5.82 Å². The fraction of sp³-hybridized carbons (Fsp3) is 0.400. The molecule has 1 aliphatic carbocycles. The zero-order valence-electron chi connectivity index (χ0n) is 21.1. The maximum absolute atomic E-state index is 13.8. The van der Waals surface area contributed by atoms with Gasteiger partial charge in [-0.3, -0.25) is 9.59 Å². The monoisotopic (exact) mass is 520 g/mol. The molecule has 0 bridgehead atoms. The van der Waals surface area contributed by atoms with Crippen molar-refractivity contribution in [3.8, 4) is 0 Å². The van der Waals surface area contributed by atoms with Crippen LogP contribution in [-0.2, 0) is 27.4 Å². The van der Waals surface area contributed by atoms with Gasteiger partial charge in [-0.15, -0.1) is 11.3 Å². The number of thiophene rings is 1. The van der Waals surface area contributed by atoms with Crippen molar-refractivity contribution in [2.24, 2.45) is 5.92 Å². The molecule has 5 nitrogen and oxygen atoms in total. The summed E-state index contributed by atoms with van der Waals surface area (Å²) < 4.78 is 19.3. The number of halogens is 1. The second kappa shape index (κ2) is 11.6. The molecule has 7 heteroatoms. The number of nitrogens with zero attached hydrogens (tertiary/aromatic N) is 2. The molecule has 1 saturated heterocycles. The van der Waals surface area contributed by atoms with Gasteiger partial charge in [-0.2, -0.15) is 0 Å². The van der Waals surface area contributed by atoms with Crippen molar-refractivity contribution in [1.29, 1.82) is 0 Å². The van der Waals surface area contributed by atoms with E-state index in [4.69, 9.17) is 4.74 Å². The maximum atomic E-state index is 13.8. The lowest BCUT2D eigenvalue weighted by molar-refractivity contribution is -0.143. The van der Waals surface area contributed by atoms with Crippen molar-refractivity contribution < 1.29 is 18.7 Å². The molecule has 2 aliphatic rings. The van der Waals surface area contributed by atoms with Crippen molar-refractivity contribution in [3.63, 3.8) is 0 Å². The van der Waals surface area contributed by atoms with Gasteiger partial charge in [0.05, 0.1) is 19.2 Å². The van der Waals surface area contributed by atoms with E-state index in [2.05, 4.69) is 12.1 Å². The standard InChI is InChI=1S/C30H33FN2O3S/c1-21-13-15-37-28(21)19-32(17-22-9-11-24(31)12-10-22)29(34)20-33(18-25-8-5-14-36-25)30(35)27-16-26(27)23-6-3-2-4-7-23/h2-4,6-7,9-13,15,25-27H,5,8,14,16-20H2,1H3. The molecule has 3 atom stereocenters. The lowest BCUT2D eigenvalue weighted by Crippen LogP contribution is -2.46. The third-order valence-electron chi connectivity index (χ3n) is 7.36. The lowest BCUT2D eigenvalue weighted by atomic mass is 10.1. The fourth-order valence-corrected chi connectivity index (χ4v) is 6.00. The Kier molecular flexibility index (Phi) is 8.01. The largest absolute Gasteiger partial charge is 0.376 e. The van der Waals surface area contributed by atoms with Crippen LogP contribution in [0.3, 0.4) is 0 Å². The molecular weight excluding hydrogens is 487 g/mol. The molecule has 194 valence electrons. The van der Waals surface area contributed by atoms with Crippen molar-refractivity contribution >= 4 is 23.2 Å². The number of rotatable bonds is 10. The van der Waals surface area contributed by atoms with Crippen molar-refractivity contribution in [3.05, 3.63) is 93.4 Å². The van der Waals surface area contributed by atoms with E-state index in [1.807, 2.05) is 36.6 Å². The quantitative estimate of drug-likeness (QED) is 0.353. The molecule has 1 aromatic heterocycles. The number of ether oxygens (including phenoxy) is 1. The minimum absolute atomic E-state index is 0.0162. The first-order valence-electron chi connectivity index (χ1n) is 13.0. The smallest absolute Gasteiger partial charge is 0.242 e. The second-order valence-electron chi connectivity index (χ2n) is 10.1. The summed E-state index contributed by atoms with van der Waals surface area (Å²) >= 11 is 1.62. The van der Waals surface area contributed by atoms with Crippen LogP contribution in [0.25, 0.3) is 0 Å². The molecule has 0 spiro atoms. The van der Waals surface area contributed by atoms with Crippen LogP contribution < -0.4 is 0 Å². The van der Waals surface area contributed by atoms with E-state index in [-0.39, 0.29) is 42.1 Å². The van der Waals surface area contributed by atoms with Crippen LogP contribution >= 0.6 is 11.3 Å². The molecule has 3 unspecified atom stereocenters. The summed E-state index contributed by atoms with van der Waals surface area (Å²) in [5.41, 5.74) is 3.17. The van der Waals surface area contributed by atoms with Crippen molar-refractivity contribution in [2.45, 2.75) is 51.3 Å². The van der Waals surface area contributed by atoms with Crippen LogP contribution in [0.2, 0.25) is 0 Å². The Hall–Kier alpha value is -3.03. The van der Waals surface area contributed by atoms with E-state index in [1.165, 1.54) is 17.7 Å². The van der Waals surface area contributed by atoms with Gasteiger partial charge in [-0.05, 0) is 72.4 Å². The lowest BCUT2D eigenvalue weighted by Gasteiger charge is -2.29. The van der Waals surface area contributed by atoms with Crippen LogP contribution in [-0.4, -0.2) is 47.4 Å². The maximum Gasteiger partial charge on any atom is 0.242 e. The normalized spacial score (nSPS) is 20.5. The topological polar surface area (TPSA) is 49.9 Å².